The van der Waals surface area contributed by atoms with E-state index in [4.69, 9.17) is 4.74 Å². The zero-order valence-electron chi connectivity index (χ0n) is 18.3. The van der Waals surface area contributed by atoms with Gasteiger partial charge in [-0.25, -0.2) is 13.2 Å². The number of ether oxygens (including phenoxy) is 1. The minimum atomic E-state index is -3.63. The molecule has 1 fully saturated rings. The van der Waals surface area contributed by atoms with Crippen LogP contribution in [0.1, 0.15) is 35.7 Å². The van der Waals surface area contributed by atoms with E-state index < -0.39 is 33.4 Å². The van der Waals surface area contributed by atoms with Crippen LogP contribution in [0.25, 0.3) is 0 Å². The highest BCUT2D eigenvalue weighted by atomic mass is 32.2. The van der Waals surface area contributed by atoms with Gasteiger partial charge >= 0.3 is 5.97 Å². The molecule has 1 aliphatic heterocycles. The van der Waals surface area contributed by atoms with Crippen molar-refractivity contribution < 1.29 is 27.7 Å². The van der Waals surface area contributed by atoms with E-state index in [1.54, 1.807) is 6.92 Å². The fourth-order valence-electron chi connectivity index (χ4n) is 3.43. The molecule has 3 rings (SSSR count). The largest absolute Gasteiger partial charge is 0.452 e. The number of carbonyl (C=O) groups is 2. The van der Waals surface area contributed by atoms with E-state index in [0.717, 1.165) is 12.8 Å². The van der Waals surface area contributed by atoms with E-state index in [0.29, 0.717) is 24.6 Å². The molecule has 0 spiro atoms. The summed E-state index contributed by atoms with van der Waals surface area (Å²) >= 11 is 0. The number of amides is 1. The van der Waals surface area contributed by atoms with Crippen molar-refractivity contribution in [2.75, 3.05) is 25.0 Å². The van der Waals surface area contributed by atoms with Gasteiger partial charge in [0.05, 0.1) is 15.4 Å². The van der Waals surface area contributed by atoms with E-state index in [1.807, 2.05) is 0 Å². The summed E-state index contributed by atoms with van der Waals surface area (Å²) < 4.78 is 31.9. The van der Waals surface area contributed by atoms with Crippen LogP contribution in [0.3, 0.4) is 0 Å². The first kappa shape index (κ1) is 24.3. The molecule has 176 valence electrons. The molecule has 0 radical (unpaired) electrons. The van der Waals surface area contributed by atoms with Crippen molar-refractivity contribution >= 4 is 33.3 Å². The van der Waals surface area contributed by atoms with Crippen molar-refractivity contribution in [3.8, 4) is 0 Å². The molecule has 2 aromatic rings. The molecule has 33 heavy (non-hydrogen) atoms. The maximum atomic E-state index is 12.8. The normalized spacial score (nSPS) is 15.1. The number of hydrogen-bond donors (Lipinski definition) is 1. The van der Waals surface area contributed by atoms with Crippen molar-refractivity contribution in [2.45, 2.75) is 31.6 Å². The van der Waals surface area contributed by atoms with Gasteiger partial charge in [0, 0.05) is 30.4 Å². The average Bonchev–Trinajstić information content (AvgIpc) is 2.79. The smallest absolute Gasteiger partial charge is 0.338 e. The molecule has 2 aromatic carbocycles. The van der Waals surface area contributed by atoms with Crippen molar-refractivity contribution in [1.82, 2.24) is 4.31 Å². The maximum Gasteiger partial charge on any atom is 0.338 e. The molecule has 1 saturated heterocycles. The molecule has 11 heteroatoms. The monoisotopic (exact) mass is 475 g/mol. The van der Waals surface area contributed by atoms with Crippen LogP contribution in [0.2, 0.25) is 0 Å². The van der Waals surface area contributed by atoms with Crippen molar-refractivity contribution in [2.24, 2.45) is 5.92 Å². The summed E-state index contributed by atoms with van der Waals surface area (Å²) in [5.41, 5.74) is 0.610. The predicted molar refractivity (Wildman–Crippen MR) is 120 cm³/mol. The summed E-state index contributed by atoms with van der Waals surface area (Å²) in [6.45, 7) is 4.00. The Balaban J connectivity index is 1.57. The van der Waals surface area contributed by atoms with Crippen LogP contribution in [-0.2, 0) is 19.6 Å². The topological polar surface area (TPSA) is 136 Å². The molecule has 10 nitrogen and oxygen atoms in total. The third-order valence-corrected chi connectivity index (χ3v) is 7.41. The molecule has 0 atom stereocenters. The van der Waals surface area contributed by atoms with Crippen LogP contribution in [0.15, 0.2) is 47.4 Å². The average molecular weight is 476 g/mol. The number of benzene rings is 2. The number of rotatable bonds is 7. The second-order valence-electron chi connectivity index (χ2n) is 7.99. The lowest BCUT2D eigenvalue weighted by molar-refractivity contribution is -0.385. The van der Waals surface area contributed by atoms with Crippen LogP contribution >= 0.6 is 0 Å². The SMILES string of the molecule is Cc1ccc(NC(=O)COC(=O)c2ccc(S(=O)(=O)N3CCC(C)CC3)cc2)cc1[N+](=O)[O-]. The van der Waals surface area contributed by atoms with E-state index in [9.17, 15) is 28.1 Å². The summed E-state index contributed by atoms with van der Waals surface area (Å²) in [4.78, 5) is 34.8. The third-order valence-electron chi connectivity index (χ3n) is 5.49. The Labute approximate surface area is 191 Å². The quantitative estimate of drug-likeness (QED) is 0.369. The zero-order valence-corrected chi connectivity index (χ0v) is 19.1. The van der Waals surface area contributed by atoms with Gasteiger partial charge in [0.25, 0.3) is 11.6 Å². The number of nitro groups is 1. The Bertz CT molecular complexity index is 1160. The lowest BCUT2D eigenvalue weighted by Crippen LogP contribution is -2.37. The Morgan fingerprint density at radius 2 is 1.79 bits per heavy atom. The van der Waals surface area contributed by atoms with E-state index in [-0.39, 0.29) is 21.8 Å². The second-order valence-corrected chi connectivity index (χ2v) is 9.93. The van der Waals surface area contributed by atoms with Crippen LogP contribution in [0.4, 0.5) is 11.4 Å². The number of hydrogen-bond acceptors (Lipinski definition) is 7. The number of anilines is 1. The van der Waals surface area contributed by atoms with Gasteiger partial charge in [0.1, 0.15) is 0 Å². The molecule has 0 aromatic heterocycles. The summed E-state index contributed by atoms with van der Waals surface area (Å²) in [7, 11) is -3.63. The highest BCUT2D eigenvalue weighted by Gasteiger charge is 2.28. The predicted octanol–water partition coefficient (Wildman–Crippen LogP) is 3.12. The highest BCUT2D eigenvalue weighted by molar-refractivity contribution is 7.89. The first-order chi connectivity index (χ1) is 15.6. The van der Waals surface area contributed by atoms with Crippen LogP contribution in [-0.4, -0.2) is 49.2 Å². The summed E-state index contributed by atoms with van der Waals surface area (Å²) in [6, 6.07) is 9.58. The van der Waals surface area contributed by atoms with E-state index >= 15 is 0 Å². The molecule has 1 amide bonds. The van der Waals surface area contributed by atoms with Crippen LogP contribution in [0, 0.1) is 23.0 Å². The number of esters is 1. The molecular weight excluding hydrogens is 450 g/mol. The van der Waals surface area contributed by atoms with Gasteiger partial charge in [-0.1, -0.05) is 13.0 Å². The molecule has 0 bridgehead atoms. The number of nitrogens with zero attached hydrogens (tertiary/aromatic N) is 2. The van der Waals surface area contributed by atoms with E-state index in [2.05, 4.69) is 12.2 Å². The first-order valence-corrected chi connectivity index (χ1v) is 11.8. The molecular formula is C22H25N3O7S. The number of nitro benzene ring substituents is 1. The lowest BCUT2D eigenvalue weighted by Gasteiger charge is -2.29. The van der Waals surface area contributed by atoms with Gasteiger partial charge < -0.3 is 10.1 Å². The van der Waals surface area contributed by atoms with Crippen LogP contribution < -0.4 is 5.32 Å². The van der Waals surface area contributed by atoms with Gasteiger partial charge in [-0.15, -0.1) is 0 Å². The Morgan fingerprint density at radius 1 is 1.15 bits per heavy atom. The minimum Gasteiger partial charge on any atom is -0.452 e. The molecule has 1 aliphatic rings. The number of sulfonamides is 1. The molecule has 1 N–H and O–H groups in total. The minimum absolute atomic E-state index is 0.0901. The molecule has 1 heterocycles. The van der Waals surface area contributed by atoms with Gasteiger partial charge in [0.15, 0.2) is 6.61 Å². The lowest BCUT2D eigenvalue weighted by atomic mass is 10.0. The Kier molecular flexibility index (Phi) is 7.44. The Morgan fingerprint density at radius 3 is 2.39 bits per heavy atom. The molecule has 0 unspecified atom stereocenters. The number of piperidine rings is 1. The van der Waals surface area contributed by atoms with Gasteiger partial charge in [-0.2, -0.15) is 4.31 Å². The van der Waals surface area contributed by atoms with Gasteiger partial charge in [0.2, 0.25) is 10.0 Å². The third kappa shape index (κ3) is 5.93. The highest BCUT2D eigenvalue weighted by Crippen LogP contribution is 2.24. The molecule has 0 saturated carbocycles. The maximum absolute atomic E-state index is 12.8. The zero-order chi connectivity index (χ0) is 24.2. The van der Waals surface area contributed by atoms with E-state index in [1.165, 1.54) is 46.8 Å². The Hall–Kier alpha value is -3.31. The summed E-state index contributed by atoms with van der Waals surface area (Å²) in [5, 5.41) is 13.4. The second kappa shape index (κ2) is 10.1. The number of aryl methyl sites for hydroxylation is 1. The fraction of sp³-hybridized carbons (Fsp3) is 0.364. The van der Waals surface area contributed by atoms with Crippen molar-refractivity contribution in [3.05, 3.63) is 63.7 Å². The first-order valence-electron chi connectivity index (χ1n) is 10.4. The van der Waals surface area contributed by atoms with Gasteiger partial charge in [-0.05, 0) is 56.0 Å². The summed E-state index contributed by atoms with van der Waals surface area (Å²) in [5.74, 6) is -0.970. The van der Waals surface area contributed by atoms with Crippen LogP contribution in [0.5, 0.6) is 0 Å². The van der Waals surface area contributed by atoms with Crippen molar-refractivity contribution in [1.29, 1.82) is 0 Å². The number of nitrogens with one attached hydrogen (secondary N) is 1. The summed E-state index contributed by atoms with van der Waals surface area (Å²) in [6.07, 6.45) is 1.61. The van der Waals surface area contributed by atoms with Gasteiger partial charge in [-0.3, -0.25) is 14.9 Å². The molecule has 0 aliphatic carbocycles. The standard InChI is InChI=1S/C22H25N3O7S/c1-15-9-11-24(12-10-15)33(30,31)19-7-4-17(5-8-19)22(27)32-14-21(26)23-18-6-3-16(2)20(13-18)25(28)29/h3-8,13,15H,9-12,14H2,1-2H3,(H,23,26). The number of carbonyl (C=O) groups excluding carboxylic acids is 2. The van der Waals surface area contributed by atoms with Crippen molar-refractivity contribution in [3.63, 3.8) is 0 Å². The fourth-order valence-corrected chi connectivity index (χ4v) is 4.90.